The van der Waals surface area contributed by atoms with Gasteiger partial charge in [0.2, 0.25) is 0 Å². The first-order valence-corrected chi connectivity index (χ1v) is 10.5. The van der Waals surface area contributed by atoms with E-state index in [4.69, 9.17) is 4.74 Å². The zero-order chi connectivity index (χ0) is 21.0. The molecule has 3 N–H and O–H groups in total. The number of carbonyl (C=O) groups excluding carboxylic acids is 1. The van der Waals surface area contributed by atoms with Crippen LogP contribution in [0.5, 0.6) is 5.75 Å². The van der Waals surface area contributed by atoms with Gasteiger partial charge in [0.1, 0.15) is 5.75 Å². The van der Waals surface area contributed by atoms with Crippen LogP contribution in [0.3, 0.4) is 0 Å². The topological polar surface area (TPSA) is 104 Å². The van der Waals surface area contributed by atoms with Crippen LogP contribution in [0.1, 0.15) is 24.0 Å². The normalized spacial score (nSPS) is 18.1. The van der Waals surface area contributed by atoms with Gasteiger partial charge in [0.25, 0.3) is 5.91 Å². The number of nitrogens with zero attached hydrogens (tertiary/aromatic N) is 3. The number of benzene rings is 2. The number of rotatable bonds is 7. The Morgan fingerprint density at radius 1 is 1.16 bits per heavy atom. The molecule has 1 aromatic heterocycles. The molecule has 3 aromatic rings. The van der Waals surface area contributed by atoms with Crippen LogP contribution in [0.15, 0.2) is 58.9 Å². The van der Waals surface area contributed by atoms with Crippen molar-refractivity contribution >= 4 is 28.2 Å². The molecule has 2 aliphatic rings. The van der Waals surface area contributed by atoms with Gasteiger partial charge in [0, 0.05) is 30.8 Å². The highest BCUT2D eigenvalue weighted by Gasteiger charge is 2.17. The van der Waals surface area contributed by atoms with Crippen molar-refractivity contribution in [3.05, 3.63) is 59.8 Å². The second-order valence-corrected chi connectivity index (χ2v) is 7.93. The summed E-state index contributed by atoms with van der Waals surface area (Å²) in [5, 5.41) is 23.1. The molecule has 3 heterocycles. The van der Waals surface area contributed by atoms with E-state index >= 15 is 0 Å². The van der Waals surface area contributed by atoms with Crippen molar-refractivity contribution in [2.45, 2.75) is 25.3 Å². The van der Waals surface area contributed by atoms with Crippen molar-refractivity contribution in [3.63, 3.8) is 0 Å². The van der Waals surface area contributed by atoms with E-state index in [9.17, 15) is 4.79 Å². The molecule has 8 nitrogen and oxygen atoms in total. The van der Waals surface area contributed by atoms with Crippen LogP contribution in [0.2, 0.25) is 0 Å². The number of fused-ring (bicyclic) bond motifs is 1. The van der Waals surface area contributed by atoms with Gasteiger partial charge < -0.3 is 15.4 Å². The van der Waals surface area contributed by atoms with Gasteiger partial charge in [-0.1, -0.05) is 6.07 Å². The van der Waals surface area contributed by atoms with E-state index in [1.54, 1.807) is 0 Å². The third-order valence-corrected chi connectivity index (χ3v) is 5.58. The van der Waals surface area contributed by atoms with Crippen LogP contribution >= 0.6 is 0 Å². The van der Waals surface area contributed by atoms with Crippen molar-refractivity contribution in [1.82, 2.24) is 20.8 Å². The summed E-state index contributed by atoms with van der Waals surface area (Å²) in [6.45, 7) is 1.79. The summed E-state index contributed by atoms with van der Waals surface area (Å²) in [5.74, 6) is 0.571. The molecule has 0 radical (unpaired) electrons. The highest BCUT2D eigenvalue weighted by Crippen LogP contribution is 2.19. The molecule has 5 rings (SSSR count). The molecule has 0 aliphatic carbocycles. The summed E-state index contributed by atoms with van der Waals surface area (Å²) < 4.78 is 5.62. The second kappa shape index (κ2) is 8.69. The lowest BCUT2D eigenvalue weighted by Gasteiger charge is -2.12. The van der Waals surface area contributed by atoms with E-state index in [1.165, 1.54) is 5.56 Å². The van der Waals surface area contributed by atoms with Crippen LogP contribution in [-0.4, -0.2) is 53.3 Å². The monoisotopic (exact) mass is 416 g/mol. The summed E-state index contributed by atoms with van der Waals surface area (Å²) in [7, 11) is 0. The summed E-state index contributed by atoms with van der Waals surface area (Å²) in [4.78, 5) is 12.0. The number of H-pyrrole nitrogens is 1. The molecule has 158 valence electrons. The van der Waals surface area contributed by atoms with Crippen LogP contribution in [0.4, 0.5) is 0 Å². The third-order valence-electron chi connectivity index (χ3n) is 5.58. The lowest BCUT2D eigenvalue weighted by Crippen LogP contribution is -2.39. The number of hydrogen-bond donors (Lipinski definition) is 3. The van der Waals surface area contributed by atoms with Crippen molar-refractivity contribution in [2.24, 2.45) is 10.2 Å². The fraction of sp³-hybridized carbons (Fsp3) is 0.304. The quantitative estimate of drug-likeness (QED) is 0.549. The molecule has 1 saturated heterocycles. The number of carbonyl (C=O) groups is 1. The van der Waals surface area contributed by atoms with E-state index in [-0.39, 0.29) is 18.6 Å². The predicted octanol–water partition coefficient (Wildman–Crippen LogP) is 2.21. The fourth-order valence-electron chi connectivity index (χ4n) is 3.93. The van der Waals surface area contributed by atoms with Crippen LogP contribution in [0, 0.1) is 0 Å². The first kappa shape index (κ1) is 19.4. The molecule has 2 aliphatic heterocycles. The zero-order valence-electron chi connectivity index (χ0n) is 17.1. The fourth-order valence-corrected chi connectivity index (χ4v) is 3.93. The SMILES string of the molecule is O=C(COc1ccc(C2=NN=C(Cc3ccc4[nH]ncc4c3)C2)cc1)N[C@@H]1CCNC1. The molecule has 31 heavy (non-hydrogen) atoms. The molecule has 0 bridgehead atoms. The van der Waals surface area contributed by atoms with E-state index in [0.717, 1.165) is 60.2 Å². The number of aromatic nitrogens is 2. The molecule has 1 amide bonds. The van der Waals surface area contributed by atoms with Crippen molar-refractivity contribution in [2.75, 3.05) is 19.7 Å². The highest BCUT2D eigenvalue weighted by molar-refractivity contribution is 6.15. The largest absolute Gasteiger partial charge is 0.484 e. The average Bonchev–Trinajstić information content (AvgIpc) is 3.55. The summed E-state index contributed by atoms with van der Waals surface area (Å²) >= 11 is 0. The molecule has 0 spiro atoms. The van der Waals surface area contributed by atoms with Crippen molar-refractivity contribution < 1.29 is 9.53 Å². The van der Waals surface area contributed by atoms with Crippen LogP contribution in [0.25, 0.3) is 10.9 Å². The lowest BCUT2D eigenvalue weighted by atomic mass is 10.0. The minimum absolute atomic E-state index is 0.0189. The molecular weight excluding hydrogens is 392 g/mol. The van der Waals surface area contributed by atoms with E-state index < -0.39 is 0 Å². The molecule has 1 atom stereocenters. The summed E-state index contributed by atoms with van der Waals surface area (Å²) in [5.41, 5.74) is 5.22. The molecule has 0 saturated carbocycles. The number of ether oxygens (including phenoxy) is 1. The maximum Gasteiger partial charge on any atom is 0.258 e. The number of hydrogen-bond acceptors (Lipinski definition) is 6. The van der Waals surface area contributed by atoms with Gasteiger partial charge in [-0.2, -0.15) is 15.3 Å². The van der Waals surface area contributed by atoms with Gasteiger partial charge in [-0.25, -0.2) is 0 Å². The lowest BCUT2D eigenvalue weighted by molar-refractivity contribution is -0.123. The van der Waals surface area contributed by atoms with Gasteiger partial charge in [-0.3, -0.25) is 9.89 Å². The average molecular weight is 416 g/mol. The smallest absolute Gasteiger partial charge is 0.258 e. The van der Waals surface area contributed by atoms with Gasteiger partial charge in [0.05, 0.1) is 23.1 Å². The maximum atomic E-state index is 12.0. The minimum Gasteiger partial charge on any atom is -0.484 e. The molecule has 0 unspecified atom stereocenters. The maximum absolute atomic E-state index is 12.0. The van der Waals surface area contributed by atoms with Gasteiger partial charge in [0.15, 0.2) is 6.61 Å². The predicted molar refractivity (Wildman–Crippen MR) is 120 cm³/mol. The van der Waals surface area contributed by atoms with E-state index in [0.29, 0.717) is 5.75 Å². The Morgan fingerprint density at radius 2 is 2.06 bits per heavy atom. The van der Waals surface area contributed by atoms with Gasteiger partial charge >= 0.3 is 0 Å². The Kier molecular flexibility index (Phi) is 5.45. The Labute approximate surface area is 179 Å². The standard InChI is InChI=1S/C23H24N6O2/c30-23(26-18-7-8-24-13-18)14-31-20-4-2-16(3-5-20)22-11-19(27-29-22)10-15-1-6-21-17(9-15)12-25-28-21/h1-6,9,12,18,24H,7-8,10-11,13-14H2,(H,25,28)(H,26,30)/t18-/m1/s1. The summed E-state index contributed by atoms with van der Waals surface area (Å²) in [6, 6.07) is 14.1. The first-order valence-electron chi connectivity index (χ1n) is 10.5. The van der Waals surface area contributed by atoms with E-state index in [1.807, 2.05) is 36.5 Å². The molecule has 8 heteroatoms. The Morgan fingerprint density at radius 3 is 2.90 bits per heavy atom. The summed E-state index contributed by atoms with van der Waals surface area (Å²) in [6.07, 6.45) is 4.28. The number of nitrogens with one attached hydrogen (secondary N) is 3. The first-order chi connectivity index (χ1) is 15.2. The van der Waals surface area contributed by atoms with E-state index in [2.05, 4.69) is 43.2 Å². The van der Waals surface area contributed by atoms with Crippen LogP contribution < -0.4 is 15.4 Å². The van der Waals surface area contributed by atoms with Crippen molar-refractivity contribution in [1.29, 1.82) is 0 Å². The highest BCUT2D eigenvalue weighted by atomic mass is 16.5. The Balaban J connectivity index is 1.12. The van der Waals surface area contributed by atoms with Crippen LogP contribution in [-0.2, 0) is 11.2 Å². The molecule has 1 fully saturated rings. The Bertz CT molecular complexity index is 1140. The molecular formula is C23H24N6O2. The van der Waals surface area contributed by atoms with Gasteiger partial charge in [-0.05, 0) is 60.5 Å². The minimum atomic E-state index is -0.0930. The zero-order valence-corrected chi connectivity index (χ0v) is 17.1. The third kappa shape index (κ3) is 4.64. The van der Waals surface area contributed by atoms with Crippen molar-refractivity contribution in [3.8, 4) is 5.75 Å². The second-order valence-electron chi connectivity index (χ2n) is 7.93. The Hall–Kier alpha value is -3.52. The van der Waals surface area contributed by atoms with Gasteiger partial charge in [-0.15, -0.1) is 0 Å². The number of aromatic amines is 1. The number of amides is 1. The molecule has 2 aromatic carbocycles.